The molecule has 16 heavy (non-hydrogen) atoms. The first-order valence-electron chi connectivity index (χ1n) is 4.90. The van der Waals surface area contributed by atoms with Gasteiger partial charge in [-0.25, -0.2) is 10.2 Å². The highest BCUT2D eigenvalue weighted by molar-refractivity contribution is 9.10. The van der Waals surface area contributed by atoms with E-state index in [1.54, 1.807) is 12.1 Å². The number of nitrogens with zero attached hydrogens (tertiary/aromatic N) is 1. The fraction of sp³-hybridized carbons (Fsp3) is 0.300. The number of guanidine groups is 1. The summed E-state index contributed by atoms with van der Waals surface area (Å²) in [5.41, 5.74) is 3.02. The van der Waals surface area contributed by atoms with Gasteiger partial charge in [0.1, 0.15) is 5.82 Å². The van der Waals surface area contributed by atoms with E-state index in [0.717, 1.165) is 6.42 Å². The number of nitrogens with one attached hydrogen (secondary N) is 2. The van der Waals surface area contributed by atoms with Crippen molar-refractivity contribution in [1.82, 2.24) is 5.43 Å². The molecule has 0 amide bonds. The number of hydrogen-bond donors (Lipinski definition) is 3. The topological polar surface area (TPSA) is 62.4 Å². The summed E-state index contributed by atoms with van der Waals surface area (Å²) in [4.78, 5) is 4.14. The van der Waals surface area contributed by atoms with Crippen molar-refractivity contribution in [1.29, 1.82) is 0 Å². The monoisotopic (exact) mass is 288 g/mol. The van der Waals surface area contributed by atoms with Crippen LogP contribution in [0, 0.1) is 5.82 Å². The second kappa shape index (κ2) is 6.44. The molecule has 0 spiro atoms. The van der Waals surface area contributed by atoms with E-state index in [9.17, 15) is 4.39 Å². The van der Waals surface area contributed by atoms with Gasteiger partial charge in [0.2, 0.25) is 5.96 Å². The Morgan fingerprint density at radius 2 is 2.31 bits per heavy atom. The molecule has 0 bridgehead atoms. The molecule has 0 atom stereocenters. The van der Waals surface area contributed by atoms with Gasteiger partial charge in [-0.05, 0) is 40.5 Å². The third-order valence-corrected chi connectivity index (χ3v) is 2.46. The molecule has 4 nitrogen and oxygen atoms in total. The quantitative estimate of drug-likeness (QED) is 0.346. The zero-order valence-corrected chi connectivity index (χ0v) is 10.5. The van der Waals surface area contributed by atoms with Gasteiger partial charge in [-0.2, -0.15) is 0 Å². The Morgan fingerprint density at radius 3 is 2.88 bits per heavy atom. The number of rotatable bonds is 3. The Morgan fingerprint density at radius 1 is 1.56 bits per heavy atom. The summed E-state index contributed by atoms with van der Waals surface area (Å²) in [6.07, 6.45) is 0.918. The summed E-state index contributed by atoms with van der Waals surface area (Å²) >= 11 is 3.08. The van der Waals surface area contributed by atoms with Gasteiger partial charge in [0.05, 0.1) is 4.47 Å². The highest BCUT2D eigenvalue weighted by Gasteiger charge is 2.02. The lowest BCUT2D eigenvalue weighted by Gasteiger charge is -2.09. The van der Waals surface area contributed by atoms with E-state index in [2.05, 4.69) is 31.7 Å². The fourth-order valence-electron chi connectivity index (χ4n) is 1.06. The van der Waals surface area contributed by atoms with Gasteiger partial charge in [0.25, 0.3) is 0 Å². The van der Waals surface area contributed by atoms with E-state index < -0.39 is 0 Å². The zero-order valence-electron chi connectivity index (χ0n) is 8.93. The molecule has 4 N–H and O–H groups in total. The molecule has 0 unspecified atom stereocenters. The number of halogens is 2. The number of nitrogens with two attached hydrogens (primary N) is 1. The van der Waals surface area contributed by atoms with Gasteiger partial charge in [-0.15, -0.1) is 0 Å². The summed E-state index contributed by atoms with van der Waals surface area (Å²) in [5, 5.41) is 2.88. The lowest BCUT2D eigenvalue weighted by Crippen LogP contribution is -2.36. The maximum atomic E-state index is 13.2. The van der Waals surface area contributed by atoms with Crippen molar-refractivity contribution >= 4 is 27.6 Å². The van der Waals surface area contributed by atoms with Crippen molar-refractivity contribution in [3.8, 4) is 0 Å². The maximum Gasteiger partial charge on any atom is 0.210 e. The van der Waals surface area contributed by atoms with E-state index in [1.807, 2.05) is 6.92 Å². The predicted octanol–water partition coefficient (Wildman–Crippen LogP) is 2.23. The van der Waals surface area contributed by atoms with Crippen LogP contribution in [0.5, 0.6) is 0 Å². The zero-order chi connectivity index (χ0) is 12.0. The summed E-state index contributed by atoms with van der Waals surface area (Å²) in [5.74, 6) is 5.37. The minimum atomic E-state index is -0.336. The van der Waals surface area contributed by atoms with Gasteiger partial charge in [-0.3, -0.25) is 10.4 Å². The molecule has 0 aliphatic heterocycles. The largest absolute Gasteiger partial charge is 0.325 e. The third kappa shape index (κ3) is 3.79. The summed E-state index contributed by atoms with van der Waals surface area (Å²) in [6, 6.07) is 4.71. The van der Waals surface area contributed by atoms with Crippen LogP contribution in [-0.4, -0.2) is 12.5 Å². The molecular weight excluding hydrogens is 275 g/mol. The molecule has 6 heteroatoms. The van der Waals surface area contributed by atoms with Crippen molar-refractivity contribution in [2.75, 3.05) is 11.9 Å². The molecule has 0 heterocycles. The van der Waals surface area contributed by atoms with Gasteiger partial charge in [-0.1, -0.05) is 6.92 Å². The fourth-order valence-corrected chi connectivity index (χ4v) is 1.30. The first-order valence-corrected chi connectivity index (χ1v) is 5.69. The van der Waals surface area contributed by atoms with Crippen LogP contribution in [0.2, 0.25) is 0 Å². The van der Waals surface area contributed by atoms with Gasteiger partial charge < -0.3 is 5.32 Å². The van der Waals surface area contributed by atoms with Crippen molar-refractivity contribution in [3.05, 3.63) is 28.5 Å². The van der Waals surface area contributed by atoms with Crippen LogP contribution < -0.4 is 16.6 Å². The van der Waals surface area contributed by atoms with Gasteiger partial charge in [0.15, 0.2) is 0 Å². The van der Waals surface area contributed by atoms with Gasteiger partial charge >= 0.3 is 0 Å². The first-order chi connectivity index (χ1) is 7.67. The van der Waals surface area contributed by atoms with E-state index in [1.165, 1.54) is 6.07 Å². The third-order valence-electron chi connectivity index (χ3n) is 1.81. The van der Waals surface area contributed by atoms with Crippen LogP contribution in [0.25, 0.3) is 0 Å². The number of hydrogen-bond acceptors (Lipinski definition) is 2. The molecule has 0 saturated carbocycles. The smallest absolute Gasteiger partial charge is 0.210 e. The Kier molecular flexibility index (Phi) is 5.21. The van der Waals surface area contributed by atoms with Crippen molar-refractivity contribution < 1.29 is 4.39 Å². The van der Waals surface area contributed by atoms with Crippen LogP contribution in [0.1, 0.15) is 13.3 Å². The molecule has 1 rings (SSSR count). The summed E-state index contributed by atoms with van der Waals surface area (Å²) < 4.78 is 13.6. The standard InChI is InChI=1S/C10H14BrFN4/c1-2-5-14-10(16-13)15-7-3-4-8(11)9(12)6-7/h3-4,6H,2,5,13H2,1H3,(H2,14,15,16). The molecule has 0 aliphatic rings. The number of aliphatic imine (C=N–C) groups is 1. The molecule has 1 aromatic rings. The number of anilines is 1. The molecule has 0 aromatic heterocycles. The van der Waals surface area contributed by atoms with Crippen molar-refractivity contribution in [2.24, 2.45) is 10.8 Å². The Bertz CT molecular complexity index is 381. The molecular formula is C10H14BrFN4. The van der Waals surface area contributed by atoms with Crippen molar-refractivity contribution in [2.45, 2.75) is 13.3 Å². The highest BCUT2D eigenvalue weighted by Crippen LogP contribution is 2.19. The molecule has 88 valence electrons. The lowest BCUT2D eigenvalue weighted by atomic mass is 10.3. The second-order valence-electron chi connectivity index (χ2n) is 3.13. The minimum absolute atomic E-state index is 0.336. The van der Waals surface area contributed by atoms with Crippen LogP contribution in [0.4, 0.5) is 10.1 Å². The van der Waals surface area contributed by atoms with E-state index >= 15 is 0 Å². The summed E-state index contributed by atoms with van der Waals surface area (Å²) in [6.45, 7) is 2.67. The van der Waals surface area contributed by atoms with E-state index in [4.69, 9.17) is 5.84 Å². The normalized spacial score (nSPS) is 11.4. The highest BCUT2D eigenvalue weighted by atomic mass is 79.9. The van der Waals surface area contributed by atoms with Crippen LogP contribution in [0.3, 0.4) is 0 Å². The maximum absolute atomic E-state index is 13.2. The minimum Gasteiger partial charge on any atom is -0.325 e. The predicted molar refractivity (Wildman–Crippen MR) is 67.6 cm³/mol. The van der Waals surface area contributed by atoms with Crippen LogP contribution >= 0.6 is 15.9 Å². The van der Waals surface area contributed by atoms with Crippen LogP contribution in [0.15, 0.2) is 27.7 Å². The average Bonchev–Trinajstić information content (AvgIpc) is 2.29. The van der Waals surface area contributed by atoms with E-state index in [0.29, 0.717) is 22.7 Å². The van der Waals surface area contributed by atoms with Crippen LogP contribution in [-0.2, 0) is 0 Å². The van der Waals surface area contributed by atoms with E-state index in [-0.39, 0.29) is 5.82 Å². The second-order valence-corrected chi connectivity index (χ2v) is 3.98. The Hall–Kier alpha value is -1.14. The molecule has 0 aliphatic carbocycles. The molecule has 0 saturated heterocycles. The molecule has 0 fully saturated rings. The Labute approximate surface area is 102 Å². The lowest BCUT2D eigenvalue weighted by molar-refractivity contribution is 0.622. The number of hydrazine groups is 1. The van der Waals surface area contributed by atoms with Crippen molar-refractivity contribution in [3.63, 3.8) is 0 Å². The molecule has 1 aromatic carbocycles. The molecule has 0 radical (unpaired) electrons. The average molecular weight is 289 g/mol. The number of benzene rings is 1. The summed E-state index contributed by atoms with van der Waals surface area (Å²) in [7, 11) is 0. The Balaban J connectivity index is 2.74. The van der Waals surface area contributed by atoms with Gasteiger partial charge in [0, 0.05) is 12.2 Å². The SMILES string of the molecule is CCCN=C(NN)Nc1ccc(Br)c(F)c1. The first kappa shape index (κ1) is 12.9.